The normalized spacial score (nSPS) is 11.6. The number of aryl methyl sites for hydroxylation is 2. The summed E-state index contributed by atoms with van der Waals surface area (Å²) < 4.78 is 5.21. The van der Waals surface area contributed by atoms with Crippen molar-refractivity contribution in [1.82, 2.24) is 5.32 Å². The molecule has 0 aliphatic heterocycles. The number of carbonyl (C=O) groups excluding carboxylic acids is 2. The average Bonchev–Trinajstić information content (AvgIpc) is 3.18. The molecular formula is C22H21NO3S. The zero-order chi connectivity index (χ0) is 19.2. The highest BCUT2D eigenvalue weighted by Crippen LogP contribution is 2.25. The quantitative estimate of drug-likeness (QED) is 0.645. The predicted molar refractivity (Wildman–Crippen MR) is 107 cm³/mol. The van der Waals surface area contributed by atoms with E-state index in [0.717, 1.165) is 21.6 Å². The molecule has 0 unspecified atom stereocenters. The largest absolute Gasteiger partial charge is 0.452 e. The Morgan fingerprint density at radius 1 is 1.00 bits per heavy atom. The molecule has 1 heterocycles. The number of amides is 1. The molecule has 138 valence electrons. The Morgan fingerprint density at radius 2 is 1.70 bits per heavy atom. The fraction of sp³-hybridized carbons (Fsp3) is 0.182. The maximum absolute atomic E-state index is 12.4. The van der Waals surface area contributed by atoms with Crippen molar-refractivity contribution in [1.29, 1.82) is 0 Å². The van der Waals surface area contributed by atoms with Gasteiger partial charge in [0.05, 0.1) is 11.6 Å². The van der Waals surface area contributed by atoms with Crippen molar-refractivity contribution in [3.8, 4) is 0 Å². The van der Waals surface area contributed by atoms with Crippen molar-refractivity contribution < 1.29 is 14.3 Å². The lowest BCUT2D eigenvalue weighted by molar-refractivity contribution is -0.124. The number of hydrogen-bond acceptors (Lipinski definition) is 4. The van der Waals surface area contributed by atoms with Crippen LogP contribution < -0.4 is 5.32 Å². The summed E-state index contributed by atoms with van der Waals surface area (Å²) >= 11 is 1.57. The number of ether oxygens (including phenoxy) is 1. The topological polar surface area (TPSA) is 55.4 Å². The van der Waals surface area contributed by atoms with Crippen LogP contribution in [0, 0.1) is 13.8 Å². The Morgan fingerprint density at radius 3 is 2.33 bits per heavy atom. The molecule has 0 spiro atoms. The third-order valence-electron chi connectivity index (χ3n) is 4.06. The molecule has 0 bridgehead atoms. The molecular weight excluding hydrogens is 358 g/mol. The summed E-state index contributed by atoms with van der Waals surface area (Å²) in [5, 5.41) is 4.93. The van der Waals surface area contributed by atoms with Crippen LogP contribution in [0.5, 0.6) is 0 Å². The van der Waals surface area contributed by atoms with Crippen molar-refractivity contribution in [2.75, 3.05) is 6.61 Å². The first-order valence-electron chi connectivity index (χ1n) is 8.66. The highest BCUT2D eigenvalue weighted by Gasteiger charge is 2.19. The molecule has 0 fully saturated rings. The lowest BCUT2D eigenvalue weighted by Gasteiger charge is -2.18. The van der Waals surface area contributed by atoms with Crippen LogP contribution in [-0.2, 0) is 9.53 Å². The van der Waals surface area contributed by atoms with E-state index in [2.05, 4.69) is 5.32 Å². The Bertz CT molecular complexity index is 900. The van der Waals surface area contributed by atoms with Gasteiger partial charge in [-0.1, -0.05) is 53.6 Å². The van der Waals surface area contributed by atoms with Gasteiger partial charge >= 0.3 is 5.97 Å². The molecule has 2 aromatic carbocycles. The smallest absolute Gasteiger partial charge is 0.338 e. The molecule has 1 atom stereocenters. The standard InChI is InChI=1S/C22H21NO3S/c1-15-11-16(2)13-18(12-15)22(25)26-14-20(24)23-21(19-9-6-10-27-19)17-7-4-3-5-8-17/h3-13,21H,14H2,1-2H3,(H,23,24)/t21-/m1/s1. The second-order valence-electron chi connectivity index (χ2n) is 6.38. The molecule has 0 saturated heterocycles. The van der Waals surface area contributed by atoms with Crippen molar-refractivity contribution in [2.24, 2.45) is 0 Å². The fourth-order valence-electron chi connectivity index (χ4n) is 2.93. The van der Waals surface area contributed by atoms with E-state index in [1.54, 1.807) is 23.5 Å². The predicted octanol–water partition coefficient (Wildman–Crippen LogP) is 4.43. The number of benzene rings is 2. The van der Waals surface area contributed by atoms with Crippen molar-refractivity contribution >= 4 is 23.2 Å². The van der Waals surface area contributed by atoms with Crippen molar-refractivity contribution in [2.45, 2.75) is 19.9 Å². The molecule has 4 nitrogen and oxygen atoms in total. The first-order valence-corrected chi connectivity index (χ1v) is 9.54. The molecule has 0 aliphatic carbocycles. The van der Waals surface area contributed by atoms with E-state index >= 15 is 0 Å². The summed E-state index contributed by atoms with van der Waals surface area (Å²) in [7, 11) is 0. The maximum Gasteiger partial charge on any atom is 0.338 e. The zero-order valence-corrected chi connectivity index (χ0v) is 16.1. The van der Waals surface area contributed by atoms with Crippen LogP contribution in [0.4, 0.5) is 0 Å². The van der Waals surface area contributed by atoms with Gasteiger partial charge in [0.1, 0.15) is 0 Å². The third-order valence-corrected chi connectivity index (χ3v) is 4.99. The van der Waals surface area contributed by atoms with E-state index in [1.165, 1.54) is 0 Å². The van der Waals surface area contributed by atoms with Crippen LogP contribution in [0.15, 0.2) is 66.0 Å². The summed E-state index contributed by atoms with van der Waals surface area (Å²) in [4.78, 5) is 25.7. The second kappa shape index (κ2) is 8.64. The Kier molecular flexibility index (Phi) is 6.04. The number of hydrogen-bond donors (Lipinski definition) is 1. The molecule has 0 radical (unpaired) electrons. The molecule has 0 aliphatic rings. The van der Waals surface area contributed by atoms with Gasteiger partial charge in [0.2, 0.25) is 0 Å². The van der Waals surface area contributed by atoms with E-state index in [-0.39, 0.29) is 18.6 Å². The van der Waals surface area contributed by atoms with Gasteiger partial charge in [-0.3, -0.25) is 4.79 Å². The number of esters is 1. The SMILES string of the molecule is Cc1cc(C)cc(C(=O)OCC(=O)N[C@H](c2ccccc2)c2cccs2)c1. The van der Waals surface area contributed by atoms with E-state index in [9.17, 15) is 9.59 Å². The minimum Gasteiger partial charge on any atom is -0.452 e. The molecule has 5 heteroatoms. The minimum atomic E-state index is -0.496. The molecule has 3 aromatic rings. The molecule has 1 N–H and O–H groups in total. The lowest BCUT2D eigenvalue weighted by Crippen LogP contribution is -2.32. The minimum absolute atomic E-state index is 0.265. The van der Waals surface area contributed by atoms with Crippen LogP contribution in [0.25, 0.3) is 0 Å². The van der Waals surface area contributed by atoms with Gasteiger partial charge in [-0.2, -0.15) is 0 Å². The van der Waals surface area contributed by atoms with E-state index in [0.29, 0.717) is 5.56 Å². The second-order valence-corrected chi connectivity index (χ2v) is 7.36. The van der Waals surface area contributed by atoms with Crippen LogP contribution in [0.1, 0.15) is 38.0 Å². The van der Waals surface area contributed by atoms with Gasteiger partial charge in [0.15, 0.2) is 6.61 Å². The highest BCUT2D eigenvalue weighted by atomic mass is 32.1. The lowest BCUT2D eigenvalue weighted by atomic mass is 10.1. The fourth-order valence-corrected chi connectivity index (χ4v) is 3.73. The van der Waals surface area contributed by atoms with E-state index in [4.69, 9.17) is 4.74 Å². The van der Waals surface area contributed by atoms with Crippen LogP contribution in [0.2, 0.25) is 0 Å². The maximum atomic E-state index is 12.4. The van der Waals surface area contributed by atoms with Gasteiger partial charge in [-0.05, 0) is 43.0 Å². The molecule has 27 heavy (non-hydrogen) atoms. The summed E-state index contributed by atoms with van der Waals surface area (Å²) in [5.41, 5.74) is 3.40. The zero-order valence-electron chi connectivity index (χ0n) is 15.3. The van der Waals surface area contributed by atoms with Crippen LogP contribution in [-0.4, -0.2) is 18.5 Å². The number of nitrogens with one attached hydrogen (secondary N) is 1. The molecule has 1 amide bonds. The van der Waals surface area contributed by atoms with Crippen molar-refractivity contribution in [3.63, 3.8) is 0 Å². The van der Waals surface area contributed by atoms with Gasteiger partial charge in [-0.15, -0.1) is 11.3 Å². The van der Waals surface area contributed by atoms with E-state index < -0.39 is 5.97 Å². The highest BCUT2D eigenvalue weighted by molar-refractivity contribution is 7.10. The summed E-state index contributed by atoms with van der Waals surface area (Å²) in [6, 6.07) is 18.9. The van der Waals surface area contributed by atoms with Gasteiger partial charge in [0.25, 0.3) is 5.91 Å². The van der Waals surface area contributed by atoms with E-state index in [1.807, 2.05) is 67.8 Å². The number of rotatable bonds is 6. The molecule has 1 aromatic heterocycles. The first-order chi connectivity index (χ1) is 13.0. The number of carbonyl (C=O) groups is 2. The molecule has 3 rings (SSSR count). The monoisotopic (exact) mass is 379 g/mol. The summed E-state index contributed by atoms with van der Waals surface area (Å²) in [6.07, 6.45) is 0. The third kappa shape index (κ3) is 5.05. The Balaban J connectivity index is 1.65. The first kappa shape index (κ1) is 18.9. The Hall–Kier alpha value is -2.92. The number of thiophene rings is 1. The van der Waals surface area contributed by atoms with Crippen LogP contribution in [0.3, 0.4) is 0 Å². The van der Waals surface area contributed by atoms with Gasteiger partial charge in [-0.25, -0.2) is 4.79 Å². The summed E-state index contributed by atoms with van der Waals surface area (Å²) in [6.45, 7) is 3.52. The average molecular weight is 379 g/mol. The van der Waals surface area contributed by atoms with Crippen LogP contribution >= 0.6 is 11.3 Å². The summed E-state index contributed by atoms with van der Waals surface area (Å²) in [5.74, 6) is -0.834. The molecule has 0 saturated carbocycles. The Labute approximate surface area is 162 Å². The van der Waals surface area contributed by atoms with Crippen molar-refractivity contribution in [3.05, 3.63) is 93.2 Å². The van der Waals surface area contributed by atoms with Gasteiger partial charge < -0.3 is 10.1 Å². The van der Waals surface area contributed by atoms with Gasteiger partial charge in [0, 0.05) is 4.88 Å².